The molecule has 0 amide bonds. The lowest BCUT2D eigenvalue weighted by atomic mass is 9.78. The van der Waals surface area contributed by atoms with Crippen molar-refractivity contribution >= 4 is 18.3 Å². The average molecular weight is 240 g/mol. The number of halogens is 1. The zero-order valence-corrected chi connectivity index (χ0v) is 10.3. The third kappa shape index (κ3) is 1.94. The van der Waals surface area contributed by atoms with Gasteiger partial charge in [0.2, 0.25) is 0 Å². The largest absolute Gasteiger partial charge is 0.497 e. The SMILES string of the molecule is [2H]c1c([2H])c(F)c(N)c(B2OC(C)(C)C(C)(C)O2)c1[2H]. The maximum absolute atomic E-state index is 13.8. The Bertz CT molecular complexity index is 535. The van der Waals surface area contributed by atoms with Crippen molar-refractivity contribution in [3.8, 4) is 0 Å². The number of hydrogen-bond acceptors (Lipinski definition) is 3. The first-order valence-corrected chi connectivity index (χ1v) is 5.40. The Labute approximate surface area is 105 Å². The van der Waals surface area contributed by atoms with Crippen molar-refractivity contribution in [2.75, 3.05) is 5.73 Å². The molecule has 1 aromatic rings. The molecule has 0 aliphatic carbocycles. The van der Waals surface area contributed by atoms with Gasteiger partial charge in [-0.05, 0) is 33.7 Å². The second-order valence-corrected chi connectivity index (χ2v) is 5.10. The molecule has 0 unspecified atom stereocenters. The fourth-order valence-corrected chi connectivity index (χ4v) is 1.55. The molecule has 1 fully saturated rings. The lowest BCUT2D eigenvalue weighted by Crippen LogP contribution is -2.41. The summed E-state index contributed by atoms with van der Waals surface area (Å²) in [6.45, 7) is 7.29. The molecule has 1 aromatic carbocycles. The molecule has 17 heavy (non-hydrogen) atoms. The van der Waals surface area contributed by atoms with Crippen LogP contribution in [0.4, 0.5) is 10.1 Å². The molecule has 0 atom stereocenters. The van der Waals surface area contributed by atoms with Gasteiger partial charge in [-0.15, -0.1) is 0 Å². The first-order chi connectivity index (χ1) is 8.99. The number of rotatable bonds is 1. The Balaban J connectivity index is 2.57. The number of anilines is 1. The number of nitrogen functional groups attached to an aromatic ring is 1. The van der Waals surface area contributed by atoms with Crippen molar-refractivity contribution in [1.82, 2.24) is 0 Å². The molecule has 2 N–H and O–H groups in total. The number of nitrogens with two attached hydrogens (primary N) is 1. The van der Waals surface area contributed by atoms with Gasteiger partial charge in [0, 0.05) is 5.46 Å². The predicted octanol–water partition coefficient (Wildman–Crippen LogP) is 1.71. The van der Waals surface area contributed by atoms with Gasteiger partial charge in [0.1, 0.15) is 5.82 Å². The lowest BCUT2D eigenvalue weighted by Gasteiger charge is -2.32. The highest BCUT2D eigenvalue weighted by Crippen LogP contribution is 2.36. The molecule has 5 heteroatoms. The van der Waals surface area contributed by atoms with Crippen LogP contribution in [-0.2, 0) is 9.31 Å². The Hall–Kier alpha value is -1.07. The monoisotopic (exact) mass is 240 g/mol. The predicted molar refractivity (Wildman–Crippen MR) is 66.5 cm³/mol. The van der Waals surface area contributed by atoms with E-state index in [2.05, 4.69) is 0 Å². The Morgan fingerprint density at radius 1 is 1.24 bits per heavy atom. The normalized spacial score (nSPS) is 24.3. The van der Waals surface area contributed by atoms with Crippen LogP contribution < -0.4 is 11.2 Å². The number of benzene rings is 1. The highest BCUT2D eigenvalue weighted by molar-refractivity contribution is 6.63. The zero-order chi connectivity index (χ0) is 15.5. The first-order valence-electron chi connectivity index (χ1n) is 6.90. The van der Waals surface area contributed by atoms with Gasteiger partial charge in [-0.3, -0.25) is 0 Å². The van der Waals surface area contributed by atoms with Gasteiger partial charge in [0.25, 0.3) is 0 Å². The average Bonchev–Trinajstić information content (AvgIpc) is 2.53. The van der Waals surface area contributed by atoms with Gasteiger partial charge in [-0.25, -0.2) is 4.39 Å². The summed E-state index contributed by atoms with van der Waals surface area (Å²) in [6.07, 6.45) is 0. The molecule has 0 bridgehead atoms. The van der Waals surface area contributed by atoms with Crippen LogP contribution >= 0.6 is 0 Å². The topological polar surface area (TPSA) is 44.5 Å². The van der Waals surface area contributed by atoms with E-state index in [0.717, 1.165) is 0 Å². The van der Waals surface area contributed by atoms with Gasteiger partial charge in [0.05, 0.1) is 21.0 Å². The molecule has 0 saturated carbocycles. The molecule has 1 aliphatic heterocycles. The van der Waals surface area contributed by atoms with Crippen LogP contribution in [0, 0.1) is 5.82 Å². The van der Waals surface area contributed by atoms with E-state index < -0.39 is 36.2 Å². The fourth-order valence-electron chi connectivity index (χ4n) is 1.55. The Morgan fingerprint density at radius 3 is 2.29 bits per heavy atom. The molecule has 1 aliphatic rings. The summed E-state index contributed by atoms with van der Waals surface area (Å²) in [7, 11) is -1.02. The smallest absolute Gasteiger partial charge is 0.399 e. The van der Waals surface area contributed by atoms with Crippen molar-refractivity contribution in [2.45, 2.75) is 38.9 Å². The van der Waals surface area contributed by atoms with Crippen molar-refractivity contribution in [1.29, 1.82) is 0 Å². The van der Waals surface area contributed by atoms with Crippen molar-refractivity contribution in [3.05, 3.63) is 23.9 Å². The van der Waals surface area contributed by atoms with E-state index in [9.17, 15) is 4.39 Å². The second-order valence-electron chi connectivity index (χ2n) is 5.10. The first kappa shape index (κ1) is 8.94. The molecule has 1 heterocycles. The summed E-state index contributed by atoms with van der Waals surface area (Å²) in [5, 5.41) is 0. The number of para-hydroxylation sites is 1. The van der Waals surface area contributed by atoms with Crippen molar-refractivity contribution in [2.24, 2.45) is 0 Å². The molecular weight excluding hydrogens is 220 g/mol. The van der Waals surface area contributed by atoms with Crippen LogP contribution in [0.25, 0.3) is 0 Å². The van der Waals surface area contributed by atoms with Gasteiger partial charge in [-0.1, -0.05) is 12.1 Å². The van der Waals surface area contributed by atoms with Crippen molar-refractivity contribution < 1.29 is 17.8 Å². The van der Waals surface area contributed by atoms with E-state index in [0.29, 0.717) is 0 Å². The maximum atomic E-state index is 13.8. The maximum Gasteiger partial charge on any atom is 0.497 e. The van der Waals surface area contributed by atoms with Crippen LogP contribution in [0.1, 0.15) is 31.8 Å². The Morgan fingerprint density at radius 2 is 1.76 bits per heavy atom. The van der Waals surface area contributed by atoms with E-state index in [1.807, 2.05) is 27.7 Å². The summed E-state index contributed by atoms with van der Waals surface area (Å²) in [6, 6.07) is -1.55. The zero-order valence-electron chi connectivity index (χ0n) is 13.3. The lowest BCUT2D eigenvalue weighted by molar-refractivity contribution is 0.00578. The van der Waals surface area contributed by atoms with Crippen LogP contribution in [0.15, 0.2) is 18.1 Å². The highest BCUT2D eigenvalue weighted by Gasteiger charge is 2.52. The standard InChI is InChI=1S/C12H17BFNO2/c1-11(2)12(3,4)17-13(16-11)8-6-5-7-9(14)10(8)15/h5-7H,15H2,1-4H3/i5D,6D,7D. The molecule has 3 nitrogen and oxygen atoms in total. The summed E-state index contributed by atoms with van der Waals surface area (Å²) in [4.78, 5) is 0. The van der Waals surface area contributed by atoms with Crippen molar-refractivity contribution in [3.63, 3.8) is 0 Å². The van der Waals surface area contributed by atoms with Crippen LogP contribution in [0.3, 0.4) is 0 Å². The third-order valence-corrected chi connectivity index (χ3v) is 3.39. The van der Waals surface area contributed by atoms with E-state index in [-0.39, 0.29) is 17.2 Å². The molecular formula is C12H17BFNO2. The van der Waals surface area contributed by atoms with Crippen LogP contribution in [0.5, 0.6) is 0 Å². The van der Waals surface area contributed by atoms with Gasteiger partial charge in [0.15, 0.2) is 0 Å². The van der Waals surface area contributed by atoms with Crippen LogP contribution in [0.2, 0.25) is 0 Å². The molecule has 0 aromatic heterocycles. The minimum Gasteiger partial charge on any atom is -0.399 e. The molecule has 92 valence electrons. The summed E-state index contributed by atoms with van der Waals surface area (Å²) in [5.74, 6) is -1.02. The third-order valence-electron chi connectivity index (χ3n) is 3.39. The van der Waals surface area contributed by atoms with E-state index >= 15 is 0 Å². The second kappa shape index (κ2) is 3.72. The molecule has 0 radical (unpaired) electrons. The molecule has 0 spiro atoms. The van der Waals surface area contributed by atoms with E-state index in [1.165, 1.54) is 0 Å². The van der Waals surface area contributed by atoms with E-state index in [1.54, 1.807) is 0 Å². The van der Waals surface area contributed by atoms with Crippen LogP contribution in [-0.4, -0.2) is 18.3 Å². The Kier molecular flexibility index (Phi) is 1.96. The highest BCUT2D eigenvalue weighted by atomic mass is 19.1. The summed E-state index contributed by atoms with van der Waals surface area (Å²) < 4.78 is 48.2. The van der Waals surface area contributed by atoms with Gasteiger partial charge >= 0.3 is 7.12 Å². The quantitative estimate of drug-likeness (QED) is 0.600. The minimum absolute atomic E-state index is 0.0258. The van der Waals surface area contributed by atoms with Gasteiger partial charge < -0.3 is 15.0 Å². The minimum atomic E-state index is -1.02. The molecule has 2 rings (SSSR count). The fraction of sp³-hybridized carbons (Fsp3) is 0.500. The summed E-state index contributed by atoms with van der Waals surface area (Å²) in [5.41, 5.74) is 3.94. The number of hydrogen-bond donors (Lipinski definition) is 1. The van der Waals surface area contributed by atoms with Gasteiger partial charge in [-0.2, -0.15) is 0 Å². The van der Waals surface area contributed by atoms with E-state index in [4.69, 9.17) is 19.2 Å². The molecule has 1 saturated heterocycles. The summed E-state index contributed by atoms with van der Waals surface area (Å²) >= 11 is 0.